The number of pyridine rings is 1. The van der Waals surface area contributed by atoms with Gasteiger partial charge < -0.3 is 4.90 Å². The van der Waals surface area contributed by atoms with Crippen molar-refractivity contribution in [3.05, 3.63) is 41.5 Å². The molecule has 0 aliphatic heterocycles. The molecule has 0 saturated heterocycles. The molecule has 0 fully saturated rings. The Hall–Kier alpha value is -2.26. The zero-order chi connectivity index (χ0) is 17.7. The van der Waals surface area contributed by atoms with Crippen LogP contribution in [0.4, 0.5) is 0 Å². The van der Waals surface area contributed by atoms with Gasteiger partial charge in [-0.25, -0.2) is 13.1 Å². The number of nitrogens with zero attached hydrogens (tertiary/aromatic N) is 3. The Balaban J connectivity index is 1.99. The summed E-state index contributed by atoms with van der Waals surface area (Å²) in [5.41, 5.74) is 1.64. The van der Waals surface area contributed by atoms with Gasteiger partial charge in [0, 0.05) is 26.2 Å². The second kappa shape index (κ2) is 7.54. The number of amides is 1. The maximum atomic E-state index is 12.4. The Morgan fingerprint density at radius 1 is 1.33 bits per heavy atom. The van der Waals surface area contributed by atoms with Gasteiger partial charge >= 0.3 is 0 Å². The van der Waals surface area contributed by atoms with E-state index in [-0.39, 0.29) is 23.9 Å². The highest BCUT2D eigenvalue weighted by atomic mass is 32.2. The van der Waals surface area contributed by atoms with Crippen molar-refractivity contribution in [3.63, 3.8) is 0 Å². The molecule has 0 saturated carbocycles. The topological polar surface area (TPSA) is 108 Å². The van der Waals surface area contributed by atoms with Crippen LogP contribution in [0, 0.1) is 13.8 Å². The normalized spacial score (nSPS) is 11.5. The van der Waals surface area contributed by atoms with Crippen LogP contribution in [0.25, 0.3) is 0 Å². The van der Waals surface area contributed by atoms with E-state index in [1.165, 1.54) is 6.92 Å². The first-order valence-corrected chi connectivity index (χ1v) is 8.96. The molecule has 2 N–H and O–H groups in total. The number of aryl methyl sites for hydroxylation is 2. The average Bonchev–Trinajstić information content (AvgIpc) is 2.86. The van der Waals surface area contributed by atoms with Crippen molar-refractivity contribution in [2.75, 3.05) is 13.1 Å². The van der Waals surface area contributed by atoms with Crippen LogP contribution in [0.15, 0.2) is 29.3 Å². The molecule has 8 nitrogen and oxygen atoms in total. The summed E-state index contributed by atoms with van der Waals surface area (Å²) in [5.74, 6) is -0.143. The summed E-state index contributed by atoms with van der Waals surface area (Å²) in [4.78, 5) is 17.6. The second-order valence-corrected chi connectivity index (χ2v) is 7.13. The molecule has 0 spiro atoms. The van der Waals surface area contributed by atoms with Gasteiger partial charge in [-0.2, -0.15) is 5.10 Å². The van der Waals surface area contributed by atoms with E-state index in [0.717, 1.165) is 5.69 Å². The number of hydrogen-bond donors (Lipinski definition) is 2. The molecular formula is C15H21N5O3S. The van der Waals surface area contributed by atoms with Gasteiger partial charge in [0.1, 0.15) is 4.90 Å². The molecule has 9 heteroatoms. The standard InChI is InChI=1S/C15H21N5O3S/c1-11-15(12(2)19-18-11)24(22,23)17-8-9-20(13(3)21)10-14-6-4-5-7-16-14/h4-7,17H,8-10H2,1-3H3,(H,18,19). The highest BCUT2D eigenvalue weighted by Crippen LogP contribution is 2.15. The molecule has 2 rings (SSSR count). The van der Waals surface area contributed by atoms with Crippen LogP contribution >= 0.6 is 0 Å². The van der Waals surface area contributed by atoms with Crippen molar-refractivity contribution >= 4 is 15.9 Å². The first-order valence-electron chi connectivity index (χ1n) is 7.48. The molecule has 2 aromatic rings. The number of carbonyl (C=O) groups excluding carboxylic acids is 1. The second-order valence-electron chi connectivity index (χ2n) is 5.42. The molecule has 0 aliphatic carbocycles. The van der Waals surface area contributed by atoms with Crippen molar-refractivity contribution in [1.82, 2.24) is 24.8 Å². The number of carbonyl (C=O) groups is 1. The molecule has 0 radical (unpaired) electrons. The minimum Gasteiger partial charge on any atom is -0.336 e. The van der Waals surface area contributed by atoms with Crippen LogP contribution in [0.2, 0.25) is 0 Å². The van der Waals surface area contributed by atoms with Gasteiger partial charge in [-0.15, -0.1) is 0 Å². The minimum absolute atomic E-state index is 0.110. The number of H-pyrrole nitrogens is 1. The Labute approximate surface area is 141 Å². The van der Waals surface area contributed by atoms with E-state index in [0.29, 0.717) is 17.9 Å². The van der Waals surface area contributed by atoms with E-state index in [1.54, 1.807) is 31.0 Å². The Kier molecular flexibility index (Phi) is 5.68. The number of aromatic nitrogens is 3. The quantitative estimate of drug-likeness (QED) is 0.765. The third kappa shape index (κ3) is 4.39. The molecular weight excluding hydrogens is 330 g/mol. The van der Waals surface area contributed by atoms with Gasteiger partial charge in [-0.05, 0) is 26.0 Å². The van der Waals surface area contributed by atoms with Gasteiger partial charge in [-0.1, -0.05) is 6.07 Å². The van der Waals surface area contributed by atoms with E-state index in [4.69, 9.17) is 0 Å². The zero-order valence-electron chi connectivity index (χ0n) is 13.9. The molecule has 0 unspecified atom stereocenters. The molecule has 130 valence electrons. The lowest BCUT2D eigenvalue weighted by Gasteiger charge is -2.20. The fraction of sp³-hybridized carbons (Fsp3) is 0.400. The highest BCUT2D eigenvalue weighted by molar-refractivity contribution is 7.89. The number of rotatable bonds is 7. The number of sulfonamides is 1. The summed E-state index contributed by atoms with van der Waals surface area (Å²) in [5, 5.41) is 6.54. The predicted octanol–water partition coefficient (Wildman–Crippen LogP) is 0.749. The van der Waals surface area contributed by atoms with Crippen LogP contribution in [0.5, 0.6) is 0 Å². The van der Waals surface area contributed by atoms with Crippen molar-refractivity contribution in [1.29, 1.82) is 0 Å². The maximum Gasteiger partial charge on any atom is 0.244 e. The third-order valence-electron chi connectivity index (χ3n) is 3.53. The van der Waals surface area contributed by atoms with Crippen LogP contribution < -0.4 is 4.72 Å². The smallest absolute Gasteiger partial charge is 0.244 e. The van der Waals surface area contributed by atoms with E-state index >= 15 is 0 Å². The first kappa shape index (κ1) is 18.1. The van der Waals surface area contributed by atoms with E-state index in [2.05, 4.69) is 19.9 Å². The summed E-state index contributed by atoms with van der Waals surface area (Å²) in [7, 11) is -3.67. The molecule has 0 aromatic carbocycles. The lowest BCUT2D eigenvalue weighted by molar-refractivity contribution is -0.129. The number of nitrogens with one attached hydrogen (secondary N) is 2. The molecule has 0 atom stereocenters. The number of hydrogen-bond acceptors (Lipinski definition) is 5. The van der Waals surface area contributed by atoms with E-state index < -0.39 is 10.0 Å². The van der Waals surface area contributed by atoms with Gasteiger partial charge in [0.25, 0.3) is 0 Å². The molecule has 1 amide bonds. The highest BCUT2D eigenvalue weighted by Gasteiger charge is 2.22. The zero-order valence-corrected chi connectivity index (χ0v) is 14.7. The van der Waals surface area contributed by atoms with Crippen molar-refractivity contribution in [3.8, 4) is 0 Å². The van der Waals surface area contributed by atoms with Gasteiger partial charge in [0.05, 0.1) is 23.6 Å². The lowest BCUT2D eigenvalue weighted by Crippen LogP contribution is -2.37. The SMILES string of the molecule is CC(=O)N(CCNS(=O)(=O)c1c(C)n[nH]c1C)Cc1ccccn1. The van der Waals surface area contributed by atoms with Crippen LogP contribution in [0.3, 0.4) is 0 Å². The van der Waals surface area contributed by atoms with Crippen LogP contribution in [-0.4, -0.2) is 47.5 Å². The summed E-state index contributed by atoms with van der Waals surface area (Å²) in [6.07, 6.45) is 1.65. The van der Waals surface area contributed by atoms with Crippen LogP contribution in [0.1, 0.15) is 24.0 Å². The third-order valence-corrected chi connectivity index (χ3v) is 5.25. The molecule has 0 aliphatic rings. The van der Waals surface area contributed by atoms with Crippen molar-refractivity contribution in [2.45, 2.75) is 32.2 Å². The fourth-order valence-electron chi connectivity index (χ4n) is 2.36. The van der Waals surface area contributed by atoms with Crippen molar-refractivity contribution in [2.24, 2.45) is 0 Å². The Morgan fingerprint density at radius 3 is 2.62 bits per heavy atom. The fourth-order valence-corrected chi connectivity index (χ4v) is 3.75. The van der Waals surface area contributed by atoms with Crippen molar-refractivity contribution < 1.29 is 13.2 Å². The largest absolute Gasteiger partial charge is 0.336 e. The Morgan fingerprint density at radius 2 is 2.08 bits per heavy atom. The first-order chi connectivity index (χ1) is 11.3. The van der Waals surface area contributed by atoms with Gasteiger partial charge in [0.15, 0.2) is 0 Å². The molecule has 2 heterocycles. The summed E-state index contributed by atoms with van der Waals surface area (Å²) in [6.45, 7) is 5.42. The maximum absolute atomic E-state index is 12.4. The lowest BCUT2D eigenvalue weighted by atomic mass is 10.3. The van der Waals surface area contributed by atoms with Gasteiger partial charge in [0.2, 0.25) is 15.9 Å². The van der Waals surface area contributed by atoms with E-state index in [9.17, 15) is 13.2 Å². The average molecular weight is 351 g/mol. The number of aromatic amines is 1. The monoisotopic (exact) mass is 351 g/mol. The predicted molar refractivity (Wildman–Crippen MR) is 88.6 cm³/mol. The summed E-state index contributed by atoms with van der Waals surface area (Å²) >= 11 is 0. The van der Waals surface area contributed by atoms with Gasteiger partial charge in [-0.3, -0.25) is 14.9 Å². The summed E-state index contributed by atoms with van der Waals surface area (Å²) < 4.78 is 27.2. The minimum atomic E-state index is -3.67. The van der Waals surface area contributed by atoms with Crippen LogP contribution in [-0.2, 0) is 21.4 Å². The van der Waals surface area contributed by atoms with E-state index in [1.807, 2.05) is 12.1 Å². The molecule has 0 bridgehead atoms. The molecule has 2 aromatic heterocycles. The molecule has 24 heavy (non-hydrogen) atoms. The summed E-state index contributed by atoms with van der Waals surface area (Å²) in [6, 6.07) is 5.46. The Bertz CT molecular complexity index is 782.